The van der Waals surface area contributed by atoms with Gasteiger partial charge in [-0.2, -0.15) is 5.10 Å². The molecule has 0 atom stereocenters. The van der Waals surface area contributed by atoms with E-state index in [2.05, 4.69) is 27.0 Å². The summed E-state index contributed by atoms with van der Waals surface area (Å²) in [5, 5.41) is 10.1. The summed E-state index contributed by atoms with van der Waals surface area (Å²) < 4.78 is 3.40. The van der Waals surface area contributed by atoms with Gasteiger partial charge < -0.3 is 4.90 Å². The highest BCUT2D eigenvalue weighted by molar-refractivity contribution is 7.20. The summed E-state index contributed by atoms with van der Waals surface area (Å²) in [4.78, 5) is 19.7. The van der Waals surface area contributed by atoms with Crippen molar-refractivity contribution in [3.63, 3.8) is 0 Å². The third-order valence-corrected chi connectivity index (χ3v) is 4.99. The highest BCUT2D eigenvalue weighted by atomic mass is 32.1. The average Bonchev–Trinajstić information content (AvgIpc) is 3.05. The number of anilines is 1. The van der Waals surface area contributed by atoms with Crippen LogP contribution >= 0.6 is 11.3 Å². The number of hydrogen-bond acceptors (Lipinski definition) is 6. The topological polar surface area (TPSA) is 68.3 Å². The van der Waals surface area contributed by atoms with E-state index >= 15 is 0 Å². The van der Waals surface area contributed by atoms with E-state index in [1.165, 1.54) is 0 Å². The lowest BCUT2D eigenvalue weighted by molar-refractivity contribution is 0.539. The zero-order valence-electron chi connectivity index (χ0n) is 13.2. The molecule has 3 aromatic heterocycles. The maximum Gasteiger partial charge on any atom is 0.267 e. The second-order valence-electron chi connectivity index (χ2n) is 5.84. The van der Waals surface area contributed by atoms with Crippen LogP contribution in [-0.2, 0) is 19.5 Å². The Bertz CT molecular complexity index is 892. The molecule has 0 aliphatic carbocycles. The first-order valence-corrected chi connectivity index (χ1v) is 8.63. The van der Waals surface area contributed by atoms with Gasteiger partial charge in [-0.3, -0.25) is 4.79 Å². The van der Waals surface area contributed by atoms with Gasteiger partial charge in [-0.05, 0) is 13.3 Å². The lowest BCUT2D eigenvalue weighted by Crippen LogP contribution is -2.35. The van der Waals surface area contributed by atoms with Crippen molar-refractivity contribution in [1.82, 2.24) is 24.4 Å². The van der Waals surface area contributed by atoms with Crippen molar-refractivity contribution in [2.24, 2.45) is 0 Å². The molecule has 4 heterocycles. The average molecular weight is 330 g/mol. The van der Waals surface area contributed by atoms with Crippen LogP contribution in [0.1, 0.15) is 30.3 Å². The molecule has 0 N–H and O–H groups in total. The molecule has 1 aliphatic rings. The maximum absolute atomic E-state index is 12.1. The van der Waals surface area contributed by atoms with Gasteiger partial charge in [-0.1, -0.05) is 18.3 Å². The fourth-order valence-electron chi connectivity index (χ4n) is 2.90. The highest BCUT2D eigenvalue weighted by Crippen LogP contribution is 2.27. The van der Waals surface area contributed by atoms with E-state index in [0.29, 0.717) is 13.1 Å². The van der Waals surface area contributed by atoms with Crippen molar-refractivity contribution >= 4 is 21.4 Å². The molecule has 0 bridgehead atoms. The summed E-state index contributed by atoms with van der Waals surface area (Å²) in [5.74, 6) is 0. The zero-order chi connectivity index (χ0) is 16.0. The predicted molar refractivity (Wildman–Crippen MR) is 89.1 cm³/mol. The highest BCUT2D eigenvalue weighted by Gasteiger charge is 2.22. The largest absolute Gasteiger partial charge is 0.342 e. The maximum atomic E-state index is 12.1. The van der Waals surface area contributed by atoms with Gasteiger partial charge in [-0.25, -0.2) is 14.2 Å². The van der Waals surface area contributed by atoms with Crippen LogP contribution in [0.2, 0.25) is 0 Å². The van der Waals surface area contributed by atoms with Crippen molar-refractivity contribution in [3.05, 3.63) is 39.6 Å². The molecule has 0 saturated heterocycles. The van der Waals surface area contributed by atoms with E-state index in [0.717, 1.165) is 46.4 Å². The number of aromatic nitrogens is 5. The fourth-order valence-corrected chi connectivity index (χ4v) is 3.85. The van der Waals surface area contributed by atoms with Gasteiger partial charge in [0.05, 0.1) is 17.6 Å². The third-order valence-electron chi connectivity index (χ3n) is 4.00. The van der Waals surface area contributed by atoms with E-state index in [9.17, 15) is 4.79 Å². The van der Waals surface area contributed by atoms with Crippen LogP contribution in [0, 0.1) is 6.92 Å². The molecule has 0 spiro atoms. The van der Waals surface area contributed by atoms with Gasteiger partial charge >= 0.3 is 0 Å². The Morgan fingerprint density at radius 2 is 2.22 bits per heavy atom. The number of fused-ring (bicyclic) bond motifs is 2. The molecule has 0 amide bonds. The molecule has 7 nitrogen and oxygen atoms in total. The van der Waals surface area contributed by atoms with Crippen LogP contribution in [-0.4, -0.2) is 30.9 Å². The Labute approximate surface area is 137 Å². The molecule has 1 aliphatic heterocycles. The lowest BCUT2D eigenvalue weighted by Gasteiger charge is -2.27. The first kappa shape index (κ1) is 14.4. The smallest absolute Gasteiger partial charge is 0.267 e. The van der Waals surface area contributed by atoms with E-state index in [4.69, 9.17) is 0 Å². The summed E-state index contributed by atoms with van der Waals surface area (Å²) >= 11 is 1.58. The normalized spacial score (nSPS) is 14.4. The van der Waals surface area contributed by atoms with E-state index < -0.39 is 0 Å². The van der Waals surface area contributed by atoms with E-state index in [1.807, 2.05) is 17.6 Å². The number of hydrogen-bond donors (Lipinski definition) is 0. The molecular formula is C15H18N6OS. The first-order valence-electron chi connectivity index (χ1n) is 7.81. The van der Waals surface area contributed by atoms with Crippen molar-refractivity contribution in [2.75, 3.05) is 11.4 Å². The monoisotopic (exact) mass is 330 g/mol. The van der Waals surface area contributed by atoms with Crippen LogP contribution in [0.3, 0.4) is 0 Å². The molecule has 0 fully saturated rings. The molecule has 0 saturated carbocycles. The van der Waals surface area contributed by atoms with Gasteiger partial charge in [0.2, 0.25) is 10.1 Å². The van der Waals surface area contributed by atoms with Crippen LogP contribution in [0.15, 0.2) is 17.1 Å². The Kier molecular flexibility index (Phi) is 3.41. The summed E-state index contributed by atoms with van der Waals surface area (Å²) in [6, 6.07) is 1.73. The Morgan fingerprint density at radius 1 is 1.35 bits per heavy atom. The van der Waals surface area contributed by atoms with Gasteiger partial charge in [0.1, 0.15) is 0 Å². The summed E-state index contributed by atoms with van der Waals surface area (Å²) in [6.45, 7) is 6.24. The molecule has 3 aromatic rings. The minimum Gasteiger partial charge on any atom is -0.342 e. The number of aryl methyl sites for hydroxylation is 2. The minimum absolute atomic E-state index is 0.0167. The van der Waals surface area contributed by atoms with Crippen molar-refractivity contribution in [3.8, 4) is 0 Å². The van der Waals surface area contributed by atoms with Gasteiger partial charge in [0.15, 0.2) is 0 Å². The predicted octanol–water partition coefficient (Wildman–Crippen LogP) is 1.63. The van der Waals surface area contributed by atoms with Gasteiger partial charge in [0.25, 0.3) is 5.56 Å². The summed E-state index contributed by atoms with van der Waals surface area (Å²) in [5.41, 5.74) is 3.00. The molecule has 8 heteroatoms. The summed E-state index contributed by atoms with van der Waals surface area (Å²) in [6.07, 6.45) is 3.68. The number of rotatable bonds is 3. The molecule has 4 rings (SSSR count). The zero-order valence-corrected chi connectivity index (χ0v) is 14.0. The molecule has 23 heavy (non-hydrogen) atoms. The van der Waals surface area contributed by atoms with Crippen LogP contribution < -0.4 is 10.5 Å². The second kappa shape index (κ2) is 5.45. The standard InChI is InChI=1S/C15H18N6OS/c1-3-5-20-13(22)7-11-9-19(6-4-12(11)17-20)15-18-21-8-10(2)16-14(21)23-15/h7-8H,3-6,9H2,1-2H3. The van der Waals surface area contributed by atoms with Gasteiger partial charge in [-0.15, -0.1) is 5.10 Å². The number of nitrogens with zero attached hydrogens (tertiary/aromatic N) is 6. The van der Waals surface area contributed by atoms with Crippen LogP contribution in [0.25, 0.3) is 4.96 Å². The molecule has 0 radical (unpaired) electrons. The van der Waals surface area contributed by atoms with Crippen molar-refractivity contribution < 1.29 is 0 Å². The quantitative estimate of drug-likeness (QED) is 0.730. The van der Waals surface area contributed by atoms with E-state index in [1.54, 1.807) is 22.1 Å². The van der Waals surface area contributed by atoms with Crippen LogP contribution in [0.5, 0.6) is 0 Å². The molecule has 0 aromatic carbocycles. The van der Waals surface area contributed by atoms with Crippen molar-refractivity contribution in [2.45, 2.75) is 39.8 Å². The Hall–Kier alpha value is -2.22. The second-order valence-corrected chi connectivity index (χ2v) is 6.78. The third kappa shape index (κ3) is 2.52. The number of imidazole rings is 1. The van der Waals surface area contributed by atoms with E-state index in [-0.39, 0.29) is 5.56 Å². The fraction of sp³-hybridized carbons (Fsp3) is 0.467. The Morgan fingerprint density at radius 3 is 3.00 bits per heavy atom. The summed E-state index contributed by atoms with van der Waals surface area (Å²) in [7, 11) is 0. The SMILES string of the molecule is CCCn1nc2c(cc1=O)CN(c1nn3cc(C)nc3s1)CC2. The van der Waals surface area contributed by atoms with Crippen molar-refractivity contribution in [1.29, 1.82) is 0 Å². The first-order chi connectivity index (χ1) is 11.1. The van der Waals surface area contributed by atoms with Gasteiger partial charge in [0, 0.05) is 37.7 Å². The molecule has 0 unspecified atom stereocenters. The molecular weight excluding hydrogens is 312 g/mol. The lowest BCUT2D eigenvalue weighted by atomic mass is 10.1. The molecule has 120 valence electrons. The Balaban J connectivity index is 1.64. The van der Waals surface area contributed by atoms with Crippen LogP contribution in [0.4, 0.5) is 5.13 Å². The minimum atomic E-state index is -0.0167.